The number of carbonyl (C=O) groups is 1. The van der Waals surface area contributed by atoms with Crippen LogP contribution < -0.4 is 5.32 Å². The van der Waals surface area contributed by atoms with E-state index >= 15 is 0 Å². The highest BCUT2D eigenvalue weighted by atomic mass is 32.1. The summed E-state index contributed by atoms with van der Waals surface area (Å²) in [5, 5.41) is 20.5. The molecule has 114 valence electrons. The van der Waals surface area contributed by atoms with Crippen LogP contribution in [0.2, 0.25) is 0 Å². The minimum absolute atomic E-state index is 0.0565. The molecule has 0 aliphatic carbocycles. The molecule has 0 saturated heterocycles. The number of carbonyl (C=O) groups excluding carboxylic acids is 1. The largest absolute Gasteiger partial charge is 0.395 e. The molecule has 0 fully saturated rings. The zero-order chi connectivity index (χ0) is 15.9. The molecule has 1 aromatic carbocycles. The molecule has 0 aliphatic heterocycles. The molecule has 6 heteroatoms. The van der Waals surface area contributed by atoms with Crippen LogP contribution in [0.15, 0.2) is 36.4 Å². The van der Waals surface area contributed by atoms with Gasteiger partial charge in [-0.1, -0.05) is 18.2 Å². The minimum atomic E-state index is -0.220. The summed E-state index contributed by atoms with van der Waals surface area (Å²) >= 11 is 1.45. The van der Waals surface area contributed by atoms with Crippen molar-refractivity contribution in [3.63, 3.8) is 0 Å². The van der Waals surface area contributed by atoms with Gasteiger partial charge in [0.2, 0.25) is 0 Å². The first kappa shape index (κ1) is 16.0. The fourth-order valence-corrected chi connectivity index (χ4v) is 2.75. The van der Waals surface area contributed by atoms with Gasteiger partial charge in [-0.05, 0) is 29.3 Å². The molecule has 0 atom stereocenters. The minimum Gasteiger partial charge on any atom is -0.395 e. The van der Waals surface area contributed by atoms with E-state index in [-0.39, 0.29) is 12.6 Å². The van der Waals surface area contributed by atoms with Crippen LogP contribution in [0, 0.1) is 11.3 Å². The Morgan fingerprint density at radius 2 is 2.23 bits per heavy atom. The number of amides is 2. The van der Waals surface area contributed by atoms with Gasteiger partial charge < -0.3 is 15.3 Å². The third-order valence-corrected chi connectivity index (χ3v) is 4.19. The lowest BCUT2D eigenvalue weighted by Gasteiger charge is -2.16. The molecule has 22 heavy (non-hydrogen) atoms. The lowest BCUT2D eigenvalue weighted by molar-refractivity contribution is 0.190. The van der Waals surface area contributed by atoms with Crippen LogP contribution in [0.5, 0.6) is 0 Å². The zero-order valence-corrected chi connectivity index (χ0v) is 13.1. The second kappa shape index (κ2) is 7.59. The van der Waals surface area contributed by atoms with Crippen molar-refractivity contribution in [3.05, 3.63) is 46.8 Å². The van der Waals surface area contributed by atoms with Crippen LogP contribution >= 0.6 is 11.3 Å². The van der Waals surface area contributed by atoms with Crippen LogP contribution in [-0.4, -0.2) is 36.2 Å². The quantitative estimate of drug-likeness (QED) is 0.889. The van der Waals surface area contributed by atoms with E-state index in [2.05, 4.69) is 11.4 Å². The highest BCUT2D eigenvalue weighted by molar-refractivity contribution is 7.16. The average Bonchev–Trinajstić information content (AvgIpc) is 3.02. The highest BCUT2D eigenvalue weighted by Gasteiger charge is 2.08. The van der Waals surface area contributed by atoms with Gasteiger partial charge in [-0.15, -0.1) is 11.3 Å². The van der Waals surface area contributed by atoms with Gasteiger partial charge in [0.25, 0.3) is 0 Å². The number of likely N-dealkylation sites (N-methyl/N-ethyl adjacent to an activating group) is 1. The summed E-state index contributed by atoms with van der Waals surface area (Å²) in [6, 6.07) is 13.5. The van der Waals surface area contributed by atoms with E-state index in [0.717, 1.165) is 16.0 Å². The maximum atomic E-state index is 11.8. The molecule has 0 saturated carbocycles. The number of aliphatic hydroxyl groups excluding tert-OH is 1. The van der Waals surface area contributed by atoms with Gasteiger partial charge in [0.1, 0.15) is 10.9 Å². The Balaban J connectivity index is 2.03. The van der Waals surface area contributed by atoms with Crippen molar-refractivity contribution < 1.29 is 9.90 Å². The topological polar surface area (TPSA) is 76.4 Å². The molecule has 2 aromatic rings. The molecule has 1 aromatic heterocycles. The Labute approximate surface area is 133 Å². The van der Waals surface area contributed by atoms with Crippen molar-refractivity contribution in [3.8, 4) is 16.5 Å². The molecule has 5 nitrogen and oxygen atoms in total. The van der Waals surface area contributed by atoms with Crippen molar-refractivity contribution in [1.82, 2.24) is 10.2 Å². The number of thiophene rings is 1. The number of nitriles is 1. The Bertz CT molecular complexity index is 691. The molecule has 1 heterocycles. The first-order valence-corrected chi connectivity index (χ1v) is 7.64. The third-order valence-electron chi connectivity index (χ3n) is 3.15. The first-order valence-electron chi connectivity index (χ1n) is 6.83. The molecule has 2 N–H and O–H groups in total. The van der Waals surface area contributed by atoms with Gasteiger partial charge in [0.15, 0.2) is 0 Å². The van der Waals surface area contributed by atoms with Gasteiger partial charge in [0.05, 0.1) is 6.61 Å². The van der Waals surface area contributed by atoms with E-state index in [1.807, 2.05) is 30.3 Å². The summed E-state index contributed by atoms with van der Waals surface area (Å²) in [7, 11) is 1.64. The van der Waals surface area contributed by atoms with E-state index in [1.54, 1.807) is 13.1 Å². The summed E-state index contributed by atoms with van der Waals surface area (Å²) in [6.07, 6.45) is 0. The van der Waals surface area contributed by atoms with Gasteiger partial charge >= 0.3 is 6.03 Å². The number of urea groups is 1. The number of nitrogens with one attached hydrogen (secondary N) is 1. The van der Waals surface area contributed by atoms with Gasteiger partial charge in [-0.2, -0.15) is 5.26 Å². The number of aliphatic hydroxyl groups is 1. The van der Waals surface area contributed by atoms with E-state index in [9.17, 15) is 4.79 Å². The highest BCUT2D eigenvalue weighted by Crippen LogP contribution is 2.28. The standard InChI is InChI=1S/C16H17N3O2S/c1-19(7-8-20)16(21)18-11-12-3-2-4-13(9-12)15-6-5-14(10-17)22-15/h2-6,9,20H,7-8,11H2,1H3,(H,18,21). The molecular weight excluding hydrogens is 298 g/mol. The van der Waals surface area contributed by atoms with Crippen LogP contribution in [0.25, 0.3) is 10.4 Å². The summed E-state index contributed by atoms with van der Waals surface area (Å²) in [5.41, 5.74) is 2.01. The average molecular weight is 315 g/mol. The molecular formula is C16H17N3O2S. The summed E-state index contributed by atoms with van der Waals surface area (Å²) < 4.78 is 0. The molecule has 0 unspecified atom stereocenters. The van der Waals surface area contributed by atoms with E-state index in [1.165, 1.54) is 16.2 Å². The summed E-state index contributed by atoms with van der Waals surface area (Å²) in [6.45, 7) is 0.663. The van der Waals surface area contributed by atoms with Crippen LogP contribution in [0.4, 0.5) is 4.79 Å². The Morgan fingerprint density at radius 3 is 2.91 bits per heavy atom. The van der Waals surface area contributed by atoms with Crippen molar-refractivity contribution >= 4 is 17.4 Å². The van der Waals surface area contributed by atoms with Crippen LogP contribution in [0.3, 0.4) is 0 Å². The second-order valence-corrected chi connectivity index (χ2v) is 5.86. The van der Waals surface area contributed by atoms with Crippen LogP contribution in [0.1, 0.15) is 10.4 Å². The molecule has 0 spiro atoms. The van der Waals surface area contributed by atoms with Gasteiger partial charge in [-0.25, -0.2) is 4.79 Å². The van der Waals surface area contributed by atoms with Crippen LogP contribution in [-0.2, 0) is 6.54 Å². The third kappa shape index (κ3) is 4.07. The number of benzene rings is 1. The summed E-state index contributed by atoms with van der Waals surface area (Å²) in [4.78, 5) is 14.9. The number of hydrogen-bond donors (Lipinski definition) is 2. The lowest BCUT2D eigenvalue weighted by Crippen LogP contribution is -2.38. The number of hydrogen-bond acceptors (Lipinski definition) is 4. The molecule has 0 radical (unpaired) electrons. The van der Waals surface area contributed by atoms with Crippen molar-refractivity contribution in [2.45, 2.75) is 6.54 Å². The van der Waals surface area contributed by atoms with Crippen molar-refractivity contribution in [2.75, 3.05) is 20.2 Å². The van der Waals surface area contributed by atoms with Gasteiger partial charge in [0, 0.05) is 25.0 Å². The lowest BCUT2D eigenvalue weighted by atomic mass is 10.1. The fourth-order valence-electron chi connectivity index (χ4n) is 1.95. The molecule has 0 bridgehead atoms. The normalized spacial score (nSPS) is 10.0. The monoisotopic (exact) mass is 315 g/mol. The predicted molar refractivity (Wildman–Crippen MR) is 86.4 cm³/mol. The van der Waals surface area contributed by atoms with Crippen molar-refractivity contribution in [1.29, 1.82) is 5.26 Å². The maximum absolute atomic E-state index is 11.8. The fraction of sp³-hybridized carbons (Fsp3) is 0.250. The van der Waals surface area contributed by atoms with E-state index in [0.29, 0.717) is 18.0 Å². The number of rotatable bonds is 5. The Morgan fingerprint density at radius 1 is 1.41 bits per heavy atom. The second-order valence-electron chi connectivity index (χ2n) is 4.78. The Kier molecular flexibility index (Phi) is 5.53. The predicted octanol–water partition coefficient (Wildman–Crippen LogP) is 2.42. The molecule has 2 amide bonds. The first-order chi connectivity index (χ1) is 10.6. The SMILES string of the molecule is CN(CCO)C(=O)NCc1cccc(-c2ccc(C#N)s2)c1. The molecule has 0 aliphatic rings. The van der Waals surface area contributed by atoms with Crippen molar-refractivity contribution in [2.24, 2.45) is 0 Å². The van der Waals surface area contributed by atoms with E-state index < -0.39 is 0 Å². The maximum Gasteiger partial charge on any atom is 0.317 e. The zero-order valence-electron chi connectivity index (χ0n) is 12.2. The molecule has 2 rings (SSSR count). The smallest absolute Gasteiger partial charge is 0.317 e. The Hall–Kier alpha value is -2.36. The van der Waals surface area contributed by atoms with E-state index in [4.69, 9.17) is 10.4 Å². The number of nitrogens with zero attached hydrogens (tertiary/aromatic N) is 2. The van der Waals surface area contributed by atoms with Gasteiger partial charge in [-0.3, -0.25) is 0 Å². The summed E-state index contributed by atoms with van der Waals surface area (Å²) in [5.74, 6) is 0.